The van der Waals surface area contributed by atoms with Crippen LogP contribution in [0.4, 0.5) is 0 Å². The summed E-state index contributed by atoms with van der Waals surface area (Å²) in [5.74, 6) is -0.742. The second kappa shape index (κ2) is 6.95. The first-order chi connectivity index (χ1) is 10.5. The Labute approximate surface area is 132 Å². The minimum atomic E-state index is -0.544. The van der Waals surface area contributed by atoms with Crippen LogP contribution < -0.4 is 10.5 Å². The van der Waals surface area contributed by atoms with Crippen molar-refractivity contribution in [3.63, 3.8) is 0 Å². The van der Waals surface area contributed by atoms with Crippen molar-refractivity contribution >= 4 is 23.5 Å². The third-order valence-electron chi connectivity index (χ3n) is 2.96. The van der Waals surface area contributed by atoms with Crippen LogP contribution in [0.2, 0.25) is 5.02 Å². The van der Waals surface area contributed by atoms with Crippen molar-refractivity contribution < 1.29 is 19.1 Å². The molecule has 6 heteroatoms. The van der Waals surface area contributed by atoms with E-state index in [1.807, 2.05) is 0 Å². The van der Waals surface area contributed by atoms with E-state index in [1.165, 1.54) is 19.2 Å². The number of ether oxygens (including phenoxy) is 2. The molecule has 0 atom stereocenters. The maximum Gasteiger partial charge on any atom is 0.342 e. The van der Waals surface area contributed by atoms with Gasteiger partial charge in [0.1, 0.15) is 17.9 Å². The maximum atomic E-state index is 12.1. The van der Waals surface area contributed by atoms with E-state index >= 15 is 0 Å². The molecule has 2 N–H and O–H groups in total. The summed E-state index contributed by atoms with van der Waals surface area (Å²) in [5.41, 5.74) is 6.51. The highest BCUT2D eigenvalue weighted by Crippen LogP contribution is 2.24. The van der Waals surface area contributed by atoms with Gasteiger partial charge >= 0.3 is 5.97 Å². The number of primary amides is 1. The van der Waals surface area contributed by atoms with Crippen LogP contribution in [0.25, 0.3) is 0 Å². The topological polar surface area (TPSA) is 78.6 Å². The highest BCUT2D eigenvalue weighted by molar-refractivity contribution is 6.30. The predicted molar refractivity (Wildman–Crippen MR) is 82.1 cm³/mol. The summed E-state index contributed by atoms with van der Waals surface area (Å²) in [6, 6.07) is 11.2. The summed E-state index contributed by atoms with van der Waals surface area (Å²) in [6.45, 7) is 0.0196. The number of hydrogen-bond donors (Lipinski definition) is 1. The van der Waals surface area contributed by atoms with Crippen molar-refractivity contribution in [2.45, 2.75) is 6.61 Å². The molecule has 1 amide bonds. The maximum absolute atomic E-state index is 12.1. The Kier molecular flexibility index (Phi) is 5.01. The lowest BCUT2D eigenvalue weighted by molar-refractivity contribution is 0.0469. The minimum absolute atomic E-state index is 0.0196. The Bertz CT molecular complexity index is 715. The van der Waals surface area contributed by atoms with Gasteiger partial charge in [0.25, 0.3) is 0 Å². The highest BCUT2D eigenvalue weighted by atomic mass is 35.5. The molecule has 0 unspecified atom stereocenters. The van der Waals surface area contributed by atoms with Crippen molar-refractivity contribution in [3.8, 4) is 5.75 Å². The van der Waals surface area contributed by atoms with Gasteiger partial charge < -0.3 is 15.2 Å². The number of benzene rings is 2. The summed E-state index contributed by atoms with van der Waals surface area (Å²) in [7, 11) is 1.44. The van der Waals surface area contributed by atoms with Crippen LogP contribution in [0.15, 0.2) is 42.5 Å². The van der Waals surface area contributed by atoms with Crippen LogP contribution in [0, 0.1) is 0 Å². The Morgan fingerprint density at radius 1 is 1.18 bits per heavy atom. The number of amides is 1. The van der Waals surface area contributed by atoms with E-state index in [1.54, 1.807) is 30.3 Å². The molecule has 0 bridgehead atoms. The normalized spacial score (nSPS) is 10.1. The van der Waals surface area contributed by atoms with Crippen LogP contribution in [0.1, 0.15) is 26.3 Å². The smallest absolute Gasteiger partial charge is 0.342 e. The quantitative estimate of drug-likeness (QED) is 0.859. The van der Waals surface area contributed by atoms with Crippen LogP contribution in [0.3, 0.4) is 0 Å². The number of halogens is 1. The van der Waals surface area contributed by atoms with Gasteiger partial charge in [-0.15, -0.1) is 0 Å². The molecule has 0 aliphatic heterocycles. The van der Waals surface area contributed by atoms with Crippen LogP contribution in [0.5, 0.6) is 5.75 Å². The lowest BCUT2D eigenvalue weighted by Crippen LogP contribution is -2.12. The number of hydrogen-bond acceptors (Lipinski definition) is 4. The zero-order chi connectivity index (χ0) is 16.1. The number of esters is 1. The van der Waals surface area contributed by atoms with Gasteiger partial charge in [-0.3, -0.25) is 4.79 Å². The summed E-state index contributed by atoms with van der Waals surface area (Å²) >= 11 is 5.84. The molecule has 0 saturated carbocycles. The summed E-state index contributed by atoms with van der Waals surface area (Å²) in [6.07, 6.45) is 0. The number of rotatable bonds is 5. The van der Waals surface area contributed by atoms with Crippen molar-refractivity contribution in [2.24, 2.45) is 5.73 Å². The molecule has 0 fully saturated rings. The highest BCUT2D eigenvalue weighted by Gasteiger charge is 2.14. The van der Waals surface area contributed by atoms with Crippen LogP contribution >= 0.6 is 11.6 Å². The molecule has 2 aromatic rings. The summed E-state index contributed by atoms with van der Waals surface area (Å²) in [5, 5.41) is 0.461. The van der Waals surface area contributed by atoms with E-state index in [-0.39, 0.29) is 12.2 Å². The zero-order valence-electron chi connectivity index (χ0n) is 11.8. The largest absolute Gasteiger partial charge is 0.496 e. The molecule has 114 valence electrons. The molecule has 0 spiro atoms. The molecule has 0 radical (unpaired) electrons. The molecule has 0 heterocycles. The monoisotopic (exact) mass is 319 g/mol. The first-order valence-corrected chi connectivity index (χ1v) is 6.78. The number of carbonyl (C=O) groups excluding carboxylic acids is 2. The zero-order valence-corrected chi connectivity index (χ0v) is 12.6. The minimum Gasteiger partial charge on any atom is -0.496 e. The Hall–Kier alpha value is -2.53. The van der Waals surface area contributed by atoms with E-state index in [0.29, 0.717) is 21.9 Å². The molecule has 0 aliphatic rings. The number of methoxy groups -OCH3 is 1. The van der Waals surface area contributed by atoms with Gasteiger partial charge in [-0.2, -0.15) is 0 Å². The average Bonchev–Trinajstić information content (AvgIpc) is 2.52. The predicted octanol–water partition coefficient (Wildman–Crippen LogP) is 2.80. The standard InChI is InChI=1S/C16H14ClNO4/c1-21-14-8-12(17)5-6-13(14)16(20)22-9-10-3-2-4-11(7-10)15(18)19/h2-8H,9H2,1H3,(H2,18,19). The fourth-order valence-corrected chi connectivity index (χ4v) is 2.04. The Balaban J connectivity index is 2.10. The van der Waals surface area contributed by atoms with E-state index in [9.17, 15) is 9.59 Å². The van der Waals surface area contributed by atoms with E-state index in [4.69, 9.17) is 26.8 Å². The van der Waals surface area contributed by atoms with Gasteiger partial charge in [-0.1, -0.05) is 23.7 Å². The lowest BCUT2D eigenvalue weighted by Gasteiger charge is -2.09. The van der Waals surface area contributed by atoms with Crippen molar-refractivity contribution in [1.29, 1.82) is 0 Å². The summed E-state index contributed by atoms with van der Waals surface area (Å²) < 4.78 is 10.3. The molecule has 22 heavy (non-hydrogen) atoms. The van der Waals surface area contributed by atoms with Crippen molar-refractivity contribution in [1.82, 2.24) is 0 Å². The molecular weight excluding hydrogens is 306 g/mol. The summed E-state index contributed by atoms with van der Waals surface area (Å²) in [4.78, 5) is 23.2. The number of carbonyl (C=O) groups is 2. The fourth-order valence-electron chi connectivity index (χ4n) is 1.87. The molecule has 2 rings (SSSR count). The van der Waals surface area contributed by atoms with Gasteiger partial charge in [0.15, 0.2) is 0 Å². The van der Waals surface area contributed by atoms with Crippen molar-refractivity contribution in [3.05, 3.63) is 64.2 Å². The van der Waals surface area contributed by atoms with Crippen LogP contribution in [-0.2, 0) is 11.3 Å². The van der Waals surface area contributed by atoms with Gasteiger partial charge in [-0.05, 0) is 35.9 Å². The second-order valence-electron chi connectivity index (χ2n) is 4.49. The van der Waals surface area contributed by atoms with E-state index in [0.717, 1.165) is 0 Å². The first kappa shape index (κ1) is 15.9. The molecule has 0 aliphatic carbocycles. The van der Waals surface area contributed by atoms with Crippen LogP contribution in [-0.4, -0.2) is 19.0 Å². The third kappa shape index (κ3) is 3.77. The van der Waals surface area contributed by atoms with Gasteiger partial charge in [-0.25, -0.2) is 4.79 Å². The SMILES string of the molecule is COc1cc(Cl)ccc1C(=O)OCc1cccc(C(N)=O)c1. The average molecular weight is 320 g/mol. The second-order valence-corrected chi connectivity index (χ2v) is 4.92. The lowest BCUT2D eigenvalue weighted by atomic mass is 10.1. The van der Waals surface area contributed by atoms with Crippen molar-refractivity contribution in [2.75, 3.05) is 7.11 Å². The molecule has 0 saturated heterocycles. The number of nitrogens with two attached hydrogens (primary N) is 1. The van der Waals surface area contributed by atoms with E-state index in [2.05, 4.69) is 0 Å². The molecule has 2 aromatic carbocycles. The van der Waals surface area contributed by atoms with Gasteiger partial charge in [0, 0.05) is 10.6 Å². The van der Waals surface area contributed by atoms with Gasteiger partial charge in [0.2, 0.25) is 5.91 Å². The molecule has 5 nitrogen and oxygen atoms in total. The van der Waals surface area contributed by atoms with Gasteiger partial charge in [0.05, 0.1) is 7.11 Å². The third-order valence-corrected chi connectivity index (χ3v) is 3.20. The Morgan fingerprint density at radius 3 is 2.64 bits per heavy atom. The first-order valence-electron chi connectivity index (χ1n) is 6.40. The van der Waals surface area contributed by atoms with E-state index < -0.39 is 11.9 Å². The Morgan fingerprint density at radius 2 is 1.95 bits per heavy atom. The fraction of sp³-hybridized carbons (Fsp3) is 0.125. The molecular formula is C16H14ClNO4. The molecule has 0 aromatic heterocycles.